The molecule has 0 aromatic rings. The molecule has 27 heavy (non-hydrogen) atoms. The molecule has 160 valence electrons. The SMILES string of the molecule is CCCCCCCC/C=C\CCCCCCCC(=O)[PH](=O)OCC(O)CO. The van der Waals surface area contributed by atoms with E-state index < -0.39 is 20.7 Å². The Morgan fingerprint density at radius 2 is 1.44 bits per heavy atom. The predicted molar refractivity (Wildman–Crippen MR) is 113 cm³/mol. The number of carbonyl (C=O) groups excluding carboxylic acids is 1. The van der Waals surface area contributed by atoms with E-state index in [1.807, 2.05) is 0 Å². The van der Waals surface area contributed by atoms with Crippen molar-refractivity contribution in [3.8, 4) is 0 Å². The quantitative estimate of drug-likeness (QED) is 0.161. The monoisotopic (exact) mass is 404 g/mol. The Kier molecular flexibility index (Phi) is 19.9. The Hall–Kier alpha value is -0.480. The van der Waals surface area contributed by atoms with Crippen molar-refractivity contribution in [3.05, 3.63) is 12.2 Å². The van der Waals surface area contributed by atoms with Crippen LogP contribution in [0, 0.1) is 0 Å². The number of unbranched alkanes of at least 4 members (excludes halogenated alkanes) is 11. The molecule has 0 bridgehead atoms. The van der Waals surface area contributed by atoms with Gasteiger partial charge in [-0.15, -0.1) is 0 Å². The Bertz CT molecular complexity index is 398. The molecule has 0 aliphatic heterocycles. The van der Waals surface area contributed by atoms with E-state index in [2.05, 4.69) is 19.1 Å². The maximum Gasteiger partial charge on any atom is 0.255 e. The topological polar surface area (TPSA) is 83.8 Å². The zero-order valence-electron chi connectivity index (χ0n) is 17.2. The molecule has 0 rings (SSSR count). The van der Waals surface area contributed by atoms with Gasteiger partial charge in [-0.2, -0.15) is 0 Å². The van der Waals surface area contributed by atoms with Gasteiger partial charge in [0.15, 0.2) is 0 Å². The van der Waals surface area contributed by atoms with Crippen LogP contribution in [0.25, 0.3) is 0 Å². The minimum atomic E-state index is -2.76. The highest BCUT2D eigenvalue weighted by Crippen LogP contribution is 2.26. The Morgan fingerprint density at radius 3 is 2.00 bits per heavy atom. The highest BCUT2D eigenvalue weighted by molar-refractivity contribution is 7.59. The Labute approximate surface area is 166 Å². The molecule has 2 N–H and O–H groups in total. The van der Waals surface area contributed by atoms with E-state index in [4.69, 9.17) is 14.7 Å². The van der Waals surface area contributed by atoms with Crippen LogP contribution in [0.4, 0.5) is 0 Å². The lowest BCUT2D eigenvalue weighted by atomic mass is 10.1. The molecule has 0 saturated heterocycles. The second kappa shape index (κ2) is 20.3. The van der Waals surface area contributed by atoms with Gasteiger partial charge in [0, 0.05) is 6.42 Å². The molecule has 0 saturated carbocycles. The fourth-order valence-corrected chi connectivity index (χ4v) is 3.65. The van der Waals surface area contributed by atoms with Crippen molar-refractivity contribution in [1.82, 2.24) is 0 Å². The summed E-state index contributed by atoms with van der Waals surface area (Å²) in [7, 11) is -2.76. The first-order chi connectivity index (χ1) is 13.1. The van der Waals surface area contributed by atoms with Gasteiger partial charge in [-0.3, -0.25) is 9.36 Å². The molecule has 0 amide bonds. The molecule has 6 heteroatoms. The van der Waals surface area contributed by atoms with Crippen LogP contribution >= 0.6 is 8.03 Å². The zero-order chi connectivity index (χ0) is 20.2. The van der Waals surface area contributed by atoms with Gasteiger partial charge < -0.3 is 14.7 Å². The van der Waals surface area contributed by atoms with Gasteiger partial charge >= 0.3 is 0 Å². The van der Waals surface area contributed by atoms with Gasteiger partial charge in [0.2, 0.25) is 5.52 Å². The fraction of sp³-hybridized carbons (Fsp3) is 0.857. The van der Waals surface area contributed by atoms with Gasteiger partial charge in [0.25, 0.3) is 8.03 Å². The highest BCUT2D eigenvalue weighted by Gasteiger charge is 2.13. The molecule has 2 unspecified atom stereocenters. The summed E-state index contributed by atoms with van der Waals surface area (Å²) in [6.07, 6.45) is 19.3. The summed E-state index contributed by atoms with van der Waals surface area (Å²) >= 11 is 0. The molecule has 0 radical (unpaired) electrons. The summed E-state index contributed by atoms with van der Waals surface area (Å²) in [4.78, 5) is 11.6. The molecule has 0 spiro atoms. The van der Waals surface area contributed by atoms with E-state index >= 15 is 0 Å². The second-order valence-electron chi connectivity index (χ2n) is 7.19. The molecule has 0 fully saturated rings. The van der Waals surface area contributed by atoms with Crippen molar-refractivity contribution in [1.29, 1.82) is 0 Å². The van der Waals surface area contributed by atoms with Gasteiger partial charge in [-0.1, -0.05) is 70.4 Å². The number of allylic oxidation sites excluding steroid dienone is 2. The fourth-order valence-electron chi connectivity index (χ4n) is 2.76. The van der Waals surface area contributed by atoms with Crippen molar-refractivity contribution >= 4 is 13.6 Å². The largest absolute Gasteiger partial charge is 0.394 e. The van der Waals surface area contributed by atoms with Crippen molar-refractivity contribution in [2.45, 2.75) is 103 Å². The van der Waals surface area contributed by atoms with Crippen LogP contribution in [0.2, 0.25) is 0 Å². The maximum absolute atomic E-state index is 11.6. The molecule has 0 aromatic heterocycles. The van der Waals surface area contributed by atoms with Gasteiger partial charge in [0.05, 0.1) is 13.2 Å². The van der Waals surface area contributed by atoms with Gasteiger partial charge in [-0.25, -0.2) is 0 Å². The van der Waals surface area contributed by atoms with E-state index in [1.54, 1.807) is 0 Å². The van der Waals surface area contributed by atoms with E-state index in [0.717, 1.165) is 32.1 Å². The molecule has 0 heterocycles. The predicted octanol–water partition coefficient (Wildman–Crippen LogP) is 5.40. The minimum Gasteiger partial charge on any atom is -0.394 e. The summed E-state index contributed by atoms with van der Waals surface area (Å²) in [5.74, 6) is 0. The normalized spacial score (nSPS) is 13.9. The molecule has 0 aromatic carbocycles. The van der Waals surface area contributed by atoms with E-state index in [1.165, 1.54) is 51.4 Å². The number of carbonyl (C=O) groups is 1. The summed E-state index contributed by atoms with van der Waals surface area (Å²) in [5, 5.41) is 17.7. The molecular formula is C21H41O5P. The number of rotatable bonds is 20. The molecule has 2 atom stereocenters. The van der Waals surface area contributed by atoms with Crippen molar-refractivity contribution in [3.63, 3.8) is 0 Å². The van der Waals surface area contributed by atoms with Crippen LogP contribution in [0.5, 0.6) is 0 Å². The summed E-state index contributed by atoms with van der Waals surface area (Å²) in [6.45, 7) is 1.53. The number of aliphatic hydroxyl groups is 2. The summed E-state index contributed by atoms with van der Waals surface area (Å²) in [5.41, 5.74) is -0.372. The lowest BCUT2D eigenvalue weighted by Gasteiger charge is -2.07. The molecule has 0 aliphatic rings. The maximum atomic E-state index is 11.6. The lowest BCUT2D eigenvalue weighted by Crippen LogP contribution is -2.18. The third-order valence-electron chi connectivity index (χ3n) is 4.51. The minimum absolute atomic E-state index is 0.258. The van der Waals surface area contributed by atoms with Crippen molar-refractivity contribution < 1.29 is 24.1 Å². The van der Waals surface area contributed by atoms with Crippen LogP contribution in [0.3, 0.4) is 0 Å². The molecule has 0 aliphatic carbocycles. The second-order valence-corrected chi connectivity index (χ2v) is 8.61. The highest BCUT2D eigenvalue weighted by atomic mass is 31.1. The first-order valence-electron chi connectivity index (χ1n) is 10.8. The van der Waals surface area contributed by atoms with E-state index in [-0.39, 0.29) is 18.6 Å². The smallest absolute Gasteiger partial charge is 0.255 e. The number of aliphatic hydroxyl groups excluding tert-OH is 2. The first kappa shape index (κ1) is 26.5. The average Bonchev–Trinajstić information content (AvgIpc) is 2.68. The summed E-state index contributed by atoms with van der Waals surface area (Å²) in [6, 6.07) is 0. The third kappa shape index (κ3) is 18.6. The van der Waals surface area contributed by atoms with Crippen LogP contribution in [-0.2, 0) is 13.9 Å². The number of hydrogen-bond acceptors (Lipinski definition) is 5. The Balaban J connectivity index is 3.38. The van der Waals surface area contributed by atoms with E-state index in [9.17, 15) is 9.36 Å². The van der Waals surface area contributed by atoms with Gasteiger partial charge in [0.1, 0.15) is 6.10 Å². The average molecular weight is 405 g/mol. The van der Waals surface area contributed by atoms with Crippen molar-refractivity contribution in [2.75, 3.05) is 13.2 Å². The lowest BCUT2D eigenvalue weighted by molar-refractivity contribution is -0.112. The van der Waals surface area contributed by atoms with Crippen molar-refractivity contribution in [2.24, 2.45) is 0 Å². The molecule has 5 nitrogen and oxygen atoms in total. The van der Waals surface area contributed by atoms with Crippen LogP contribution in [-0.4, -0.2) is 35.1 Å². The zero-order valence-corrected chi connectivity index (χ0v) is 18.2. The van der Waals surface area contributed by atoms with Crippen LogP contribution < -0.4 is 0 Å². The standard InChI is InChI=1S/C21H41O5P/c1-2-3-4-5-6-7-8-9-10-11-12-13-14-15-16-17-21(24)27(25)26-19-20(23)18-22/h9-10,20,22-23,27H,2-8,11-19H2,1H3/b10-9-. The van der Waals surface area contributed by atoms with Crippen LogP contribution in [0.15, 0.2) is 12.2 Å². The number of hydrogen-bond donors (Lipinski definition) is 2. The first-order valence-corrected chi connectivity index (χ1v) is 12.1. The molecular weight excluding hydrogens is 363 g/mol. The van der Waals surface area contributed by atoms with Crippen LogP contribution in [0.1, 0.15) is 96.8 Å². The van der Waals surface area contributed by atoms with E-state index in [0.29, 0.717) is 0 Å². The Morgan fingerprint density at radius 1 is 0.926 bits per heavy atom. The van der Waals surface area contributed by atoms with Gasteiger partial charge in [-0.05, 0) is 32.1 Å². The third-order valence-corrected chi connectivity index (χ3v) is 5.65. The summed E-state index contributed by atoms with van der Waals surface area (Å²) < 4.78 is 16.4.